The third kappa shape index (κ3) is 3.56. The summed E-state index contributed by atoms with van der Waals surface area (Å²) < 4.78 is 0.611. The molecule has 0 saturated carbocycles. The van der Waals surface area contributed by atoms with Crippen LogP contribution < -0.4 is 10.4 Å². The minimum atomic E-state index is -1.24. The van der Waals surface area contributed by atoms with E-state index in [4.69, 9.17) is 0 Å². The number of hydrogen-bond acceptors (Lipinski definition) is 0. The van der Waals surface area contributed by atoms with Crippen LogP contribution in [0.5, 0.6) is 0 Å². The van der Waals surface area contributed by atoms with Gasteiger partial charge in [0.05, 0.1) is 0 Å². The summed E-state index contributed by atoms with van der Waals surface area (Å²) in [7, 11) is 0. The summed E-state index contributed by atoms with van der Waals surface area (Å²) in [6, 6.07) is 39.0. The maximum absolute atomic E-state index is 2.41. The van der Waals surface area contributed by atoms with Crippen LogP contribution in [0.25, 0.3) is 16.7 Å². The summed E-state index contributed by atoms with van der Waals surface area (Å²) >= 11 is -0.844. The summed E-state index contributed by atoms with van der Waals surface area (Å²) in [5.41, 5.74) is 9.12. The number of benzene rings is 4. The third-order valence-electron chi connectivity index (χ3n) is 6.67. The fourth-order valence-corrected chi connectivity index (χ4v) is 19.9. The van der Waals surface area contributed by atoms with Gasteiger partial charge in [0.15, 0.2) is 0 Å². The van der Waals surface area contributed by atoms with Crippen LogP contribution in [-0.2, 0) is 22.4 Å². The molecule has 0 fully saturated rings. The summed E-state index contributed by atoms with van der Waals surface area (Å²) in [4.78, 5) is 0. The predicted octanol–water partition coefficient (Wildman–Crippen LogP) is 5.72. The van der Waals surface area contributed by atoms with E-state index in [-0.39, 0.29) is 0 Å². The van der Waals surface area contributed by atoms with E-state index in [1.54, 1.807) is 21.5 Å². The Morgan fingerprint density at radius 1 is 0.625 bits per heavy atom. The van der Waals surface area contributed by atoms with Crippen LogP contribution in [0.4, 0.5) is 0 Å². The van der Waals surface area contributed by atoms with Gasteiger partial charge in [0.25, 0.3) is 0 Å². The standard InChI is InChI=1S/C18H13.C12H11Si.Zr/c1-2-7-13(6-1)15-10-5-11-17-16-9-4-3-8-14(16)12-18(15)17;1-3-7-11(8-4-1)13-12-9-5-2-6-10-12;/h1-6,8-12H,7H2;1-10,13H;. The molecule has 0 nitrogen and oxygen atoms in total. The minimum absolute atomic E-state index is 0.611. The van der Waals surface area contributed by atoms with Gasteiger partial charge in [-0.2, -0.15) is 0 Å². The number of allylic oxidation sites excluding steroid dienone is 4. The van der Waals surface area contributed by atoms with Gasteiger partial charge >= 0.3 is 203 Å². The van der Waals surface area contributed by atoms with Gasteiger partial charge in [-0.25, -0.2) is 0 Å². The van der Waals surface area contributed by atoms with Crippen LogP contribution in [0.2, 0.25) is 0 Å². The molecule has 152 valence electrons. The average Bonchev–Trinajstić information content (AvgIpc) is 3.51. The molecule has 2 aliphatic carbocycles. The van der Waals surface area contributed by atoms with Gasteiger partial charge in [-0.15, -0.1) is 0 Å². The summed E-state index contributed by atoms with van der Waals surface area (Å²) in [6.45, 7) is 0. The molecule has 6 rings (SSSR count). The van der Waals surface area contributed by atoms with Gasteiger partial charge in [-0.1, -0.05) is 0 Å². The van der Waals surface area contributed by atoms with Gasteiger partial charge in [0.1, 0.15) is 0 Å². The van der Waals surface area contributed by atoms with E-state index in [1.807, 2.05) is 0 Å². The third-order valence-corrected chi connectivity index (χ3v) is 20.7. The molecule has 1 atom stereocenters. The quantitative estimate of drug-likeness (QED) is 0.306. The molecule has 0 N–H and O–H groups in total. The van der Waals surface area contributed by atoms with Gasteiger partial charge < -0.3 is 0 Å². The molecule has 0 bridgehead atoms. The first-order valence-electron chi connectivity index (χ1n) is 11.3. The summed E-state index contributed by atoms with van der Waals surface area (Å²) in [5, 5.41) is 3.21. The van der Waals surface area contributed by atoms with Crippen molar-refractivity contribution in [2.24, 2.45) is 0 Å². The molecule has 0 aromatic heterocycles. The molecule has 2 aliphatic rings. The van der Waals surface area contributed by atoms with Crippen molar-refractivity contribution in [1.82, 2.24) is 0 Å². The van der Waals surface area contributed by atoms with Crippen LogP contribution in [0.15, 0.2) is 121 Å². The molecule has 0 radical (unpaired) electrons. The molecule has 0 aliphatic heterocycles. The molecular formula is C30H24SiZr. The van der Waals surface area contributed by atoms with Crippen molar-refractivity contribution in [3.05, 3.63) is 138 Å². The monoisotopic (exact) mass is 502 g/mol. The molecule has 0 amide bonds. The van der Waals surface area contributed by atoms with E-state index in [0.29, 0.717) is 3.63 Å². The second-order valence-corrected chi connectivity index (χ2v) is 19.2. The molecule has 1 unspecified atom stereocenters. The van der Waals surface area contributed by atoms with Crippen LogP contribution >= 0.6 is 0 Å². The van der Waals surface area contributed by atoms with Gasteiger partial charge in [-0.05, 0) is 0 Å². The van der Waals surface area contributed by atoms with E-state index >= 15 is 0 Å². The van der Waals surface area contributed by atoms with Crippen LogP contribution in [0.3, 0.4) is 0 Å². The normalized spacial score (nSPS) is 16.0. The van der Waals surface area contributed by atoms with E-state index in [2.05, 4.69) is 121 Å². The van der Waals surface area contributed by atoms with Gasteiger partial charge in [-0.3, -0.25) is 0 Å². The fraction of sp³-hybridized carbons (Fsp3) is 0.0667. The average molecular weight is 504 g/mol. The van der Waals surface area contributed by atoms with Crippen molar-refractivity contribution >= 4 is 21.9 Å². The Morgan fingerprint density at radius 2 is 1.25 bits per heavy atom. The van der Waals surface area contributed by atoms with E-state index < -0.39 is 28.3 Å². The molecule has 4 aromatic rings. The molecule has 32 heavy (non-hydrogen) atoms. The zero-order valence-electron chi connectivity index (χ0n) is 17.9. The summed E-state index contributed by atoms with van der Waals surface area (Å²) in [6.07, 6.45) is 7.89. The first-order valence-corrected chi connectivity index (χ1v) is 18.8. The van der Waals surface area contributed by atoms with E-state index in [9.17, 15) is 0 Å². The van der Waals surface area contributed by atoms with Gasteiger partial charge in [0, 0.05) is 0 Å². The second kappa shape index (κ2) is 8.77. The van der Waals surface area contributed by atoms with Crippen molar-refractivity contribution in [2.75, 3.05) is 0 Å². The van der Waals surface area contributed by atoms with Gasteiger partial charge in [0.2, 0.25) is 0 Å². The van der Waals surface area contributed by atoms with Crippen molar-refractivity contribution in [1.29, 1.82) is 0 Å². The number of fused-ring (bicyclic) bond motifs is 3. The SMILES string of the molecule is C1=CCC(c2cccc3c2[CH]([Zr][SiH](c2ccccc2)c2ccccc2)c2ccccc2-3)=C1. The van der Waals surface area contributed by atoms with Crippen molar-refractivity contribution in [3.63, 3.8) is 0 Å². The Bertz CT molecular complexity index is 1280. The summed E-state index contributed by atoms with van der Waals surface area (Å²) in [5.74, 6) is -1.24. The van der Waals surface area contributed by atoms with E-state index in [0.717, 1.165) is 6.42 Å². The molecule has 2 heteroatoms. The second-order valence-electron chi connectivity index (χ2n) is 8.53. The number of hydrogen-bond donors (Lipinski definition) is 0. The van der Waals surface area contributed by atoms with Crippen LogP contribution in [0, 0.1) is 0 Å². The number of rotatable bonds is 5. The molecule has 0 saturated heterocycles. The fourth-order valence-electron chi connectivity index (χ4n) is 5.20. The Kier molecular flexibility index (Phi) is 5.51. The molecule has 0 heterocycles. The maximum atomic E-state index is 2.41. The Morgan fingerprint density at radius 3 is 1.94 bits per heavy atom. The predicted molar refractivity (Wildman–Crippen MR) is 135 cm³/mol. The zero-order valence-corrected chi connectivity index (χ0v) is 21.5. The van der Waals surface area contributed by atoms with Crippen LogP contribution in [-0.4, -0.2) is 5.92 Å². The van der Waals surface area contributed by atoms with Crippen LogP contribution in [0.1, 0.15) is 26.7 Å². The van der Waals surface area contributed by atoms with Crippen molar-refractivity contribution in [2.45, 2.75) is 10.0 Å². The molecule has 0 spiro atoms. The Hall–Kier alpha value is -2.54. The van der Waals surface area contributed by atoms with Crippen molar-refractivity contribution in [3.8, 4) is 11.1 Å². The zero-order chi connectivity index (χ0) is 21.3. The van der Waals surface area contributed by atoms with Crippen molar-refractivity contribution < 1.29 is 22.4 Å². The first kappa shape index (κ1) is 20.1. The molecule has 4 aromatic carbocycles. The topological polar surface area (TPSA) is 0 Å². The Balaban J connectivity index is 1.51. The van der Waals surface area contributed by atoms with E-state index in [1.165, 1.54) is 22.3 Å². The molecular weight excluding hydrogens is 480 g/mol. The first-order chi connectivity index (χ1) is 15.9. The Labute approximate surface area is 202 Å².